The molecule has 0 amide bonds. The highest BCUT2D eigenvalue weighted by atomic mass is 79.9. The molecular weight excluding hydrogens is 332 g/mol. The van der Waals surface area contributed by atoms with Crippen LogP contribution < -0.4 is 11.1 Å². The lowest BCUT2D eigenvalue weighted by molar-refractivity contribution is -0.108. The lowest BCUT2D eigenvalue weighted by Crippen LogP contribution is -2.38. The van der Waals surface area contributed by atoms with E-state index in [0.29, 0.717) is 6.29 Å². The van der Waals surface area contributed by atoms with Gasteiger partial charge >= 0.3 is 0 Å². The number of aldehydes is 1. The van der Waals surface area contributed by atoms with Crippen molar-refractivity contribution in [2.24, 2.45) is 7.05 Å². The molecule has 5 nitrogen and oxygen atoms in total. The SMILES string of the molecule is Cn1c(=O)c(Br)c(Br)c(=O)n1CCC=O. The van der Waals surface area contributed by atoms with Gasteiger partial charge in [-0.3, -0.25) is 9.59 Å². The Morgan fingerprint density at radius 3 is 2.27 bits per heavy atom. The van der Waals surface area contributed by atoms with Gasteiger partial charge in [-0.1, -0.05) is 0 Å². The molecule has 0 aliphatic heterocycles. The minimum atomic E-state index is -0.342. The number of nitrogens with zero attached hydrogens (tertiary/aromatic N) is 2. The molecule has 0 aliphatic carbocycles. The molecule has 0 bridgehead atoms. The fraction of sp³-hybridized carbons (Fsp3) is 0.375. The van der Waals surface area contributed by atoms with E-state index in [9.17, 15) is 14.4 Å². The van der Waals surface area contributed by atoms with E-state index in [1.165, 1.54) is 16.4 Å². The summed E-state index contributed by atoms with van der Waals surface area (Å²) in [6.07, 6.45) is 0.897. The summed E-state index contributed by atoms with van der Waals surface area (Å²) in [6, 6.07) is 0. The summed E-state index contributed by atoms with van der Waals surface area (Å²) in [7, 11) is 1.48. The standard InChI is InChI=1S/C8H8Br2N2O3/c1-11-7(14)5(9)6(10)8(15)12(11)3-2-4-13/h4H,2-3H2,1H3. The van der Waals surface area contributed by atoms with Crippen LogP contribution in [0.3, 0.4) is 0 Å². The van der Waals surface area contributed by atoms with Gasteiger partial charge in [0.15, 0.2) is 0 Å². The van der Waals surface area contributed by atoms with Gasteiger partial charge in [-0.2, -0.15) is 0 Å². The lowest BCUT2D eigenvalue weighted by Gasteiger charge is -2.11. The highest BCUT2D eigenvalue weighted by Crippen LogP contribution is 2.13. The van der Waals surface area contributed by atoms with Gasteiger partial charge < -0.3 is 4.79 Å². The Hall–Kier alpha value is -0.690. The molecule has 0 radical (unpaired) electrons. The molecule has 0 N–H and O–H groups in total. The van der Waals surface area contributed by atoms with Crippen LogP contribution in [-0.4, -0.2) is 15.6 Å². The van der Waals surface area contributed by atoms with E-state index in [2.05, 4.69) is 31.9 Å². The molecular formula is C8H8Br2N2O3. The molecule has 7 heteroatoms. The van der Waals surface area contributed by atoms with Gasteiger partial charge in [0.1, 0.15) is 15.2 Å². The van der Waals surface area contributed by atoms with Crippen LogP contribution in [0.1, 0.15) is 6.42 Å². The maximum Gasteiger partial charge on any atom is 0.280 e. The summed E-state index contributed by atoms with van der Waals surface area (Å²) >= 11 is 6.05. The second-order valence-electron chi connectivity index (χ2n) is 2.84. The van der Waals surface area contributed by atoms with Crippen molar-refractivity contribution in [3.63, 3.8) is 0 Å². The number of hydrogen-bond acceptors (Lipinski definition) is 3. The Morgan fingerprint density at radius 2 is 1.73 bits per heavy atom. The highest BCUT2D eigenvalue weighted by molar-refractivity contribution is 9.13. The number of rotatable bonds is 3. The van der Waals surface area contributed by atoms with Gasteiger partial charge in [0.2, 0.25) is 0 Å². The zero-order valence-corrected chi connectivity index (χ0v) is 11.0. The summed E-state index contributed by atoms with van der Waals surface area (Å²) in [5.74, 6) is 0. The van der Waals surface area contributed by atoms with Crippen LogP contribution in [0.25, 0.3) is 0 Å². The van der Waals surface area contributed by atoms with E-state index in [4.69, 9.17) is 0 Å². The van der Waals surface area contributed by atoms with Crippen LogP contribution in [0.15, 0.2) is 18.5 Å². The predicted octanol–water partition coefficient (Wildman–Crippen LogP) is 0.661. The van der Waals surface area contributed by atoms with Crippen LogP contribution in [0.4, 0.5) is 0 Å². The number of aromatic nitrogens is 2. The van der Waals surface area contributed by atoms with Crippen molar-refractivity contribution in [3.05, 3.63) is 29.7 Å². The second kappa shape index (κ2) is 4.89. The Balaban J connectivity index is 3.46. The Bertz CT molecular complexity index is 504. The van der Waals surface area contributed by atoms with Gasteiger partial charge in [0.05, 0.1) is 0 Å². The second-order valence-corrected chi connectivity index (χ2v) is 4.43. The van der Waals surface area contributed by atoms with Crippen LogP contribution in [0, 0.1) is 0 Å². The van der Waals surface area contributed by atoms with Crippen molar-refractivity contribution in [3.8, 4) is 0 Å². The van der Waals surface area contributed by atoms with Crippen molar-refractivity contribution in [2.75, 3.05) is 0 Å². The predicted molar refractivity (Wildman–Crippen MR) is 62.0 cm³/mol. The molecule has 0 aliphatic rings. The van der Waals surface area contributed by atoms with Crippen molar-refractivity contribution in [1.82, 2.24) is 9.36 Å². The van der Waals surface area contributed by atoms with Crippen molar-refractivity contribution >= 4 is 38.1 Å². The fourth-order valence-electron chi connectivity index (χ4n) is 1.12. The first-order chi connectivity index (χ1) is 7.00. The highest BCUT2D eigenvalue weighted by Gasteiger charge is 2.12. The molecule has 0 saturated carbocycles. The molecule has 0 unspecified atom stereocenters. The van der Waals surface area contributed by atoms with Crippen LogP contribution in [0.5, 0.6) is 0 Å². The summed E-state index contributed by atoms with van der Waals surface area (Å²) in [6.45, 7) is 0.194. The van der Waals surface area contributed by atoms with E-state index in [0.717, 1.165) is 0 Å². The smallest absolute Gasteiger partial charge is 0.280 e. The topological polar surface area (TPSA) is 61.1 Å². The lowest BCUT2D eigenvalue weighted by atomic mass is 10.4. The Kier molecular flexibility index (Phi) is 4.04. The zero-order valence-electron chi connectivity index (χ0n) is 7.87. The van der Waals surface area contributed by atoms with Gasteiger partial charge in [0.25, 0.3) is 11.1 Å². The summed E-state index contributed by atoms with van der Waals surface area (Å²) in [5, 5.41) is 0. The van der Waals surface area contributed by atoms with Gasteiger partial charge in [-0.25, -0.2) is 9.36 Å². The van der Waals surface area contributed by atoms with Crippen molar-refractivity contribution in [1.29, 1.82) is 0 Å². The van der Waals surface area contributed by atoms with E-state index in [1.807, 2.05) is 0 Å². The first kappa shape index (κ1) is 12.4. The van der Waals surface area contributed by atoms with E-state index in [-0.39, 0.29) is 33.0 Å². The number of halogens is 2. The summed E-state index contributed by atoms with van der Waals surface area (Å²) in [4.78, 5) is 33.5. The minimum Gasteiger partial charge on any atom is -0.303 e. The number of carbonyl (C=O) groups is 1. The molecule has 82 valence electrons. The third-order valence-electron chi connectivity index (χ3n) is 1.92. The fourth-order valence-corrected chi connectivity index (χ4v) is 1.92. The minimum absolute atomic E-state index is 0.177. The van der Waals surface area contributed by atoms with Crippen molar-refractivity contribution < 1.29 is 4.79 Å². The zero-order chi connectivity index (χ0) is 11.6. The average Bonchev–Trinajstić information content (AvgIpc) is 2.24. The third kappa shape index (κ3) is 2.28. The number of hydrogen-bond donors (Lipinski definition) is 0. The molecule has 1 aromatic rings. The maximum absolute atomic E-state index is 11.7. The molecule has 15 heavy (non-hydrogen) atoms. The van der Waals surface area contributed by atoms with E-state index >= 15 is 0 Å². The average molecular weight is 340 g/mol. The van der Waals surface area contributed by atoms with Gasteiger partial charge in [-0.05, 0) is 31.9 Å². The van der Waals surface area contributed by atoms with Crippen LogP contribution >= 0.6 is 31.9 Å². The monoisotopic (exact) mass is 338 g/mol. The largest absolute Gasteiger partial charge is 0.303 e. The Morgan fingerprint density at radius 1 is 1.20 bits per heavy atom. The quantitative estimate of drug-likeness (QED) is 0.760. The molecule has 0 saturated heterocycles. The number of carbonyl (C=O) groups excluding carboxylic acids is 1. The summed E-state index contributed by atoms with van der Waals surface area (Å²) < 4.78 is 2.76. The molecule has 0 atom stereocenters. The van der Waals surface area contributed by atoms with Gasteiger partial charge in [-0.15, -0.1) is 0 Å². The third-order valence-corrected chi connectivity index (χ3v) is 3.92. The molecule has 0 spiro atoms. The van der Waals surface area contributed by atoms with E-state index in [1.54, 1.807) is 0 Å². The normalized spacial score (nSPS) is 10.3. The molecule has 1 rings (SSSR count). The van der Waals surface area contributed by atoms with Crippen LogP contribution in [0.2, 0.25) is 0 Å². The van der Waals surface area contributed by atoms with E-state index < -0.39 is 0 Å². The molecule has 0 aromatic carbocycles. The molecule has 1 heterocycles. The Labute approximate surface area is 102 Å². The molecule has 0 fully saturated rings. The van der Waals surface area contributed by atoms with Crippen LogP contribution in [-0.2, 0) is 18.4 Å². The van der Waals surface area contributed by atoms with Gasteiger partial charge in [0, 0.05) is 20.0 Å². The van der Waals surface area contributed by atoms with Crippen molar-refractivity contribution in [2.45, 2.75) is 13.0 Å². The molecule has 1 aromatic heterocycles. The first-order valence-corrected chi connectivity index (χ1v) is 5.68. The maximum atomic E-state index is 11.7. The summed E-state index contributed by atoms with van der Waals surface area (Å²) in [5.41, 5.74) is -0.668. The first-order valence-electron chi connectivity index (χ1n) is 4.09.